The molecule has 3 aromatic rings. The van der Waals surface area contributed by atoms with Crippen LogP contribution in [-0.2, 0) is 12.8 Å². The Hall–Kier alpha value is -2.66. The highest BCUT2D eigenvalue weighted by Gasteiger charge is 2.30. The van der Waals surface area contributed by atoms with Gasteiger partial charge in [0.25, 0.3) is 5.91 Å². The average molecular weight is 368 g/mol. The number of Topliss-reactive ketones (excluding diaryl/α,β-unsaturated/α-hetero) is 1. The van der Waals surface area contributed by atoms with Gasteiger partial charge in [0.2, 0.25) is 0 Å². The molecule has 1 aromatic carbocycles. The van der Waals surface area contributed by atoms with Crippen LogP contribution in [0.15, 0.2) is 36.5 Å². The molecule has 0 aliphatic carbocycles. The minimum absolute atomic E-state index is 0.0299. The smallest absolute Gasteiger partial charge is 0.277 e. The molecule has 1 aliphatic rings. The van der Waals surface area contributed by atoms with Crippen molar-refractivity contribution in [1.29, 1.82) is 0 Å². The number of ketones is 1. The average Bonchev–Trinajstić information content (AvgIpc) is 3.21. The SMILES string of the molecule is CCc1nc2ccc(Cl)cn2c1C(=O)N1CCc2cc(C(C)=O)ccc21. The summed E-state index contributed by atoms with van der Waals surface area (Å²) in [6.45, 7) is 4.12. The Morgan fingerprint density at radius 2 is 2.04 bits per heavy atom. The van der Waals surface area contributed by atoms with E-state index in [1.807, 2.05) is 25.1 Å². The highest BCUT2D eigenvalue weighted by molar-refractivity contribution is 6.30. The molecule has 5 nitrogen and oxygen atoms in total. The number of anilines is 1. The zero-order valence-corrected chi connectivity index (χ0v) is 15.4. The van der Waals surface area contributed by atoms with Crippen LogP contribution in [0, 0.1) is 0 Å². The second-order valence-electron chi connectivity index (χ2n) is 6.44. The van der Waals surface area contributed by atoms with E-state index in [0.717, 1.165) is 23.4 Å². The molecule has 132 valence electrons. The number of aromatic nitrogens is 2. The summed E-state index contributed by atoms with van der Waals surface area (Å²) in [6.07, 6.45) is 3.12. The number of nitrogens with zero attached hydrogens (tertiary/aromatic N) is 3. The number of aryl methyl sites for hydroxylation is 1. The van der Waals surface area contributed by atoms with E-state index in [1.54, 1.807) is 34.6 Å². The van der Waals surface area contributed by atoms with Crippen molar-refractivity contribution in [3.8, 4) is 0 Å². The van der Waals surface area contributed by atoms with Gasteiger partial charge in [0, 0.05) is 24.0 Å². The third-order valence-electron chi connectivity index (χ3n) is 4.82. The molecule has 26 heavy (non-hydrogen) atoms. The van der Waals surface area contributed by atoms with Crippen LogP contribution in [0.5, 0.6) is 0 Å². The van der Waals surface area contributed by atoms with Crippen LogP contribution >= 0.6 is 11.6 Å². The molecule has 0 N–H and O–H groups in total. The van der Waals surface area contributed by atoms with Crippen molar-refractivity contribution in [1.82, 2.24) is 9.38 Å². The normalized spacial score (nSPS) is 13.3. The second-order valence-corrected chi connectivity index (χ2v) is 6.88. The largest absolute Gasteiger partial charge is 0.306 e. The van der Waals surface area contributed by atoms with E-state index in [0.29, 0.717) is 34.9 Å². The maximum atomic E-state index is 13.3. The standard InChI is InChI=1S/C20H18ClN3O2/c1-3-16-19(24-11-15(21)5-7-18(24)22-16)20(26)23-9-8-14-10-13(12(2)25)4-6-17(14)23/h4-7,10-11H,3,8-9H2,1-2H3. The number of carbonyl (C=O) groups excluding carboxylic acids is 2. The maximum Gasteiger partial charge on any atom is 0.277 e. The van der Waals surface area contributed by atoms with Gasteiger partial charge in [-0.1, -0.05) is 18.5 Å². The minimum Gasteiger partial charge on any atom is -0.306 e. The fourth-order valence-corrected chi connectivity index (χ4v) is 3.66. The minimum atomic E-state index is -0.0917. The van der Waals surface area contributed by atoms with Crippen LogP contribution in [0.3, 0.4) is 0 Å². The van der Waals surface area contributed by atoms with E-state index in [2.05, 4.69) is 4.98 Å². The first-order chi connectivity index (χ1) is 12.5. The number of rotatable bonds is 3. The highest BCUT2D eigenvalue weighted by atomic mass is 35.5. The number of pyridine rings is 1. The lowest BCUT2D eigenvalue weighted by atomic mass is 10.1. The van der Waals surface area contributed by atoms with E-state index in [9.17, 15) is 9.59 Å². The van der Waals surface area contributed by atoms with E-state index >= 15 is 0 Å². The highest BCUT2D eigenvalue weighted by Crippen LogP contribution is 2.31. The van der Waals surface area contributed by atoms with Crippen LogP contribution in [0.4, 0.5) is 5.69 Å². The molecule has 0 unspecified atom stereocenters. The summed E-state index contributed by atoms with van der Waals surface area (Å²) in [4.78, 5) is 31.3. The van der Waals surface area contributed by atoms with Crippen molar-refractivity contribution in [2.45, 2.75) is 26.7 Å². The van der Waals surface area contributed by atoms with E-state index in [4.69, 9.17) is 11.6 Å². The molecular formula is C20H18ClN3O2. The fourth-order valence-electron chi connectivity index (χ4n) is 3.50. The van der Waals surface area contributed by atoms with Gasteiger partial charge in [-0.2, -0.15) is 0 Å². The van der Waals surface area contributed by atoms with Gasteiger partial charge in [0.15, 0.2) is 5.78 Å². The molecule has 2 aromatic heterocycles. The summed E-state index contributed by atoms with van der Waals surface area (Å²) in [5.74, 6) is -0.0618. The number of imidazole rings is 1. The van der Waals surface area contributed by atoms with Crippen molar-refractivity contribution in [3.05, 3.63) is 64.1 Å². The third-order valence-corrected chi connectivity index (χ3v) is 5.04. The first kappa shape index (κ1) is 16.8. The molecule has 0 atom stereocenters. The number of carbonyl (C=O) groups is 2. The maximum absolute atomic E-state index is 13.3. The van der Waals surface area contributed by atoms with Crippen LogP contribution in [0.2, 0.25) is 5.02 Å². The van der Waals surface area contributed by atoms with Crippen molar-refractivity contribution >= 4 is 34.6 Å². The summed E-state index contributed by atoms with van der Waals surface area (Å²) < 4.78 is 1.77. The number of amides is 1. The molecule has 1 amide bonds. The molecule has 3 heterocycles. The van der Waals surface area contributed by atoms with Crippen molar-refractivity contribution in [3.63, 3.8) is 0 Å². The van der Waals surface area contributed by atoms with Crippen molar-refractivity contribution in [2.24, 2.45) is 0 Å². The monoisotopic (exact) mass is 367 g/mol. The predicted octanol–water partition coefficient (Wildman–Crippen LogP) is 3.96. The molecule has 0 saturated carbocycles. The van der Waals surface area contributed by atoms with Crippen LogP contribution < -0.4 is 4.90 Å². The molecule has 6 heteroatoms. The molecule has 0 fully saturated rings. The van der Waals surface area contributed by atoms with Gasteiger partial charge in [-0.15, -0.1) is 0 Å². The van der Waals surface area contributed by atoms with E-state index < -0.39 is 0 Å². The van der Waals surface area contributed by atoms with Crippen LogP contribution in [-0.4, -0.2) is 27.6 Å². The Morgan fingerprint density at radius 3 is 2.77 bits per heavy atom. The van der Waals surface area contributed by atoms with Gasteiger partial charge in [-0.05, 0) is 55.7 Å². The molecule has 4 rings (SSSR count). The van der Waals surface area contributed by atoms with Gasteiger partial charge >= 0.3 is 0 Å². The topological polar surface area (TPSA) is 54.7 Å². The Morgan fingerprint density at radius 1 is 1.23 bits per heavy atom. The van der Waals surface area contributed by atoms with E-state index in [-0.39, 0.29) is 11.7 Å². The van der Waals surface area contributed by atoms with Gasteiger partial charge < -0.3 is 4.90 Å². The summed E-state index contributed by atoms with van der Waals surface area (Å²) in [7, 11) is 0. The third kappa shape index (κ3) is 2.59. The Kier molecular flexibility index (Phi) is 4.04. The summed E-state index contributed by atoms with van der Waals surface area (Å²) in [5, 5.41) is 0.555. The first-order valence-corrected chi connectivity index (χ1v) is 8.99. The summed E-state index contributed by atoms with van der Waals surface area (Å²) >= 11 is 6.13. The Bertz CT molecular complexity index is 1050. The number of benzene rings is 1. The molecule has 0 radical (unpaired) electrons. The molecule has 0 spiro atoms. The quantitative estimate of drug-likeness (QED) is 0.658. The zero-order chi connectivity index (χ0) is 18.4. The van der Waals surface area contributed by atoms with Gasteiger partial charge in [0.05, 0.1) is 10.7 Å². The number of hydrogen-bond donors (Lipinski definition) is 0. The predicted molar refractivity (Wildman–Crippen MR) is 101 cm³/mol. The molecule has 0 bridgehead atoms. The molecule has 0 saturated heterocycles. The van der Waals surface area contributed by atoms with Gasteiger partial charge in [-0.25, -0.2) is 4.98 Å². The van der Waals surface area contributed by atoms with Crippen molar-refractivity contribution < 1.29 is 9.59 Å². The summed E-state index contributed by atoms with van der Waals surface area (Å²) in [6, 6.07) is 9.11. The lowest BCUT2D eigenvalue weighted by molar-refractivity contribution is 0.0981. The molecule has 1 aliphatic heterocycles. The van der Waals surface area contributed by atoms with E-state index in [1.165, 1.54) is 0 Å². The molecular weight excluding hydrogens is 350 g/mol. The lowest BCUT2D eigenvalue weighted by Gasteiger charge is -2.18. The summed E-state index contributed by atoms with van der Waals surface area (Å²) in [5.41, 5.74) is 4.57. The lowest BCUT2D eigenvalue weighted by Crippen LogP contribution is -2.30. The number of fused-ring (bicyclic) bond motifs is 2. The Labute approximate surface area is 156 Å². The van der Waals surface area contributed by atoms with Gasteiger partial charge in [0.1, 0.15) is 11.3 Å². The van der Waals surface area contributed by atoms with Gasteiger partial charge in [-0.3, -0.25) is 14.0 Å². The van der Waals surface area contributed by atoms with Crippen LogP contribution in [0.25, 0.3) is 5.65 Å². The van der Waals surface area contributed by atoms with Crippen LogP contribution in [0.1, 0.15) is 46.0 Å². The number of halogens is 1. The number of hydrogen-bond acceptors (Lipinski definition) is 3. The zero-order valence-electron chi connectivity index (χ0n) is 14.6. The Balaban J connectivity index is 1.80. The van der Waals surface area contributed by atoms with Crippen molar-refractivity contribution in [2.75, 3.05) is 11.4 Å². The fraction of sp³-hybridized carbons (Fsp3) is 0.250. The second kappa shape index (κ2) is 6.25. The first-order valence-electron chi connectivity index (χ1n) is 8.61.